The summed E-state index contributed by atoms with van der Waals surface area (Å²) in [5.74, 6) is 2.71. The molecule has 0 atom stereocenters. The van der Waals surface area contributed by atoms with E-state index in [0.717, 1.165) is 17.1 Å². The minimum absolute atomic E-state index is 0.588. The van der Waals surface area contributed by atoms with Crippen molar-refractivity contribution in [2.24, 2.45) is 0 Å². The summed E-state index contributed by atoms with van der Waals surface area (Å²) < 4.78 is 5.23. The maximum absolute atomic E-state index is 9.00. The lowest BCUT2D eigenvalue weighted by Crippen LogP contribution is -2.01. The fourth-order valence-corrected chi connectivity index (χ4v) is 2.36. The summed E-state index contributed by atoms with van der Waals surface area (Å²) in [4.78, 5) is 8.79. The molecule has 0 radical (unpaired) electrons. The summed E-state index contributed by atoms with van der Waals surface area (Å²) in [5.41, 5.74) is 2.25. The highest BCUT2D eigenvalue weighted by atomic mass is 16.5. The van der Waals surface area contributed by atoms with E-state index < -0.39 is 0 Å². The molecule has 0 aliphatic heterocycles. The van der Waals surface area contributed by atoms with Gasteiger partial charge in [-0.1, -0.05) is 12.1 Å². The summed E-state index contributed by atoms with van der Waals surface area (Å²) in [6, 6.07) is 18.8. The third-order valence-corrected chi connectivity index (χ3v) is 3.44. The predicted octanol–water partition coefficient (Wildman–Crippen LogP) is 4.15. The maximum atomic E-state index is 9.00. The van der Waals surface area contributed by atoms with Crippen LogP contribution in [0, 0.1) is 18.3 Å². The number of nitriles is 1. The number of aryl methyl sites for hydroxylation is 1. The monoisotopic (exact) mass is 331 g/mol. The first kappa shape index (κ1) is 16.3. The number of nitrogens with one attached hydrogen (secondary N) is 2. The van der Waals surface area contributed by atoms with Gasteiger partial charge in [0.15, 0.2) is 0 Å². The van der Waals surface area contributed by atoms with E-state index in [9.17, 15) is 0 Å². The quantitative estimate of drug-likeness (QED) is 0.730. The minimum atomic E-state index is 0.588. The maximum Gasteiger partial charge on any atom is 0.136 e. The van der Waals surface area contributed by atoms with Crippen LogP contribution >= 0.6 is 0 Å². The molecule has 0 aliphatic carbocycles. The third kappa shape index (κ3) is 4.24. The summed E-state index contributed by atoms with van der Waals surface area (Å²) in [5, 5.41) is 15.4. The van der Waals surface area contributed by atoms with E-state index in [-0.39, 0.29) is 0 Å². The molecule has 0 aliphatic rings. The fraction of sp³-hybridized carbons (Fsp3) is 0.105. The molecule has 2 N–H and O–H groups in total. The van der Waals surface area contributed by atoms with Gasteiger partial charge in [-0.05, 0) is 37.3 Å². The van der Waals surface area contributed by atoms with E-state index in [4.69, 9.17) is 10.00 Å². The highest BCUT2D eigenvalue weighted by Crippen LogP contribution is 2.23. The van der Waals surface area contributed by atoms with Crippen LogP contribution in [0.4, 0.5) is 23.0 Å². The highest BCUT2D eigenvalue weighted by Gasteiger charge is 2.04. The standard InChI is InChI=1S/C19H17N5O/c1-13-21-18(23-15-6-3-5-14(9-15)12-20)11-19(22-13)24-16-7-4-8-17(10-16)25-2/h3-11H,1-2H3,(H2,21,22,23,24). The summed E-state index contributed by atoms with van der Waals surface area (Å²) in [6.07, 6.45) is 0. The molecular weight excluding hydrogens is 314 g/mol. The Morgan fingerprint density at radius 3 is 2.20 bits per heavy atom. The van der Waals surface area contributed by atoms with Gasteiger partial charge < -0.3 is 15.4 Å². The molecule has 0 unspecified atom stereocenters. The zero-order chi connectivity index (χ0) is 17.6. The number of aromatic nitrogens is 2. The molecule has 0 saturated heterocycles. The van der Waals surface area contributed by atoms with Crippen molar-refractivity contribution in [3.8, 4) is 11.8 Å². The number of benzene rings is 2. The van der Waals surface area contributed by atoms with Crippen LogP contribution in [0.1, 0.15) is 11.4 Å². The van der Waals surface area contributed by atoms with E-state index in [1.165, 1.54) is 0 Å². The van der Waals surface area contributed by atoms with E-state index in [0.29, 0.717) is 23.0 Å². The average molecular weight is 331 g/mol. The molecule has 0 bridgehead atoms. The molecule has 6 nitrogen and oxygen atoms in total. The van der Waals surface area contributed by atoms with Crippen LogP contribution in [0.15, 0.2) is 54.6 Å². The van der Waals surface area contributed by atoms with E-state index in [1.807, 2.05) is 49.4 Å². The van der Waals surface area contributed by atoms with Crippen LogP contribution in [-0.4, -0.2) is 17.1 Å². The molecule has 0 spiro atoms. The largest absolute Gasteiger partial charge is 0.497 e. The lowest BCUT2D eigenvalue weighted by molar-refractivity contribution is 0.415. The van der Waals surface area contributed by atoms with Crippen LogP contribution < -0.4 is 15.4 Å². The summed E-state index contributed by atoms with van der Waals surface area (Å²) in [7, 11) is 1.63. The van der Waals surface area contributed by atoms with Crippen molar-refractivity contribution < 1.29 is 4.74 Å². The number of anilines is 4. The molecule has 1 heterocycles. The van der Waals surface area contributed by atoms with Gasteiger partial charge >= 0.3 is 0 Å². The van der Waals surface area contributed by atoms with Crippen LogP contribution in [0.5, 0.6) is 5.75 Å². The van der Waals surface area contributed by atoms with Crippen molar-refractivity contribution >= 4 is 23.0 Å². The van der Waals surface area contributed by atoms with Gasteiger partial charge in [-0.3, -0.25) is 0 Å². The molecule has 25 heavy (non-hydrogen) atoms. The topological polar surface area (TPSA) is 82.9 Å². The molecule has 124 valence electrons. The van der Waals surface area contributed by atoms with E-state index >= 15 is 0 Å². The van der Waals surface area contributed by atoms with Crippen LogP contribution in [0.3, 0.4) is 0 Å². The van der Waals surface area contributed by atoms with Crippen molar-refractivity contribution in [1.29, 1.82) is 5.26 Å². The van der Waals surface area contributed by atoms with Gasteiger partial charge in [0.25, 0.3) is 0 Å². The minimum Gasteiger partial charge on any atom is -0.497 e. The van der Waals surface area contributed by atoms with Crippen LogP contribution in [0.2, 0.25) is 0 Å². The Kier molecular flexibility index (Phi) is 4.77. The Morgan fingerprint density at radius 2 is 1.56 bits per heavy atom. The second kappa shape index (κ2) is 7.32. The summed E-state index contributed by atoms with van der Waals surface area (Å²) in [6.45, 7) is 1.83. The first-order chi connectivity index (χ1) is 12.2. The van der Waals surface area contributed by atoms with Crippen molar-refractivity contribution in [1.82, 2.24) is 9.97 Å². The molecule has 2 aromatic carbocycles. The number of ether oxygens (including phenoxy) is 1. The first-order valence-electron chi connectivity index (χ1n) is 7.70. The van der Waals surface area contributed by atoms with Crippen LogP contribution in [-0.2, 0) is 0 Å². The first-order valence-corrected chi connectivity index (χ1v) is 7.70. The lowest BCUT2D eigenvalue weighted by atomic mass is 10.2. The molecule has 6 heteroatoms. The van der Waals surface area contributed by atoms with Gasteiger partial charge in [0.05, 0.1) is 18.7 Å². The van der Waals surface area contributed by atoms with Gasteiger partial charge in [-0.2, -0.15) is 5.26 Å². The number of methoxy groups -OCH3 is 1. The van der Waals surface area contributed by atoms with Gasteiger partial charge in [0.1, 0.15) is 23.2 Å². The number of hydrogen-bond acceptors (Lipinski definition) is 6. The zero-order valence-corrected chi connectivity index (χ0v) is 13.9. The Morgan fingerprint density at radius 1 is 0.920 bits per heavy atom. The smallest absolute Gasteiger partial charge is 0.136 e. The van der Waals surface area contributed by atoms with E-state index in [2.05, 4.69) is 26.7 Å². The van der Waals surface area contributed by atoms with Gasteiger partial charge in [0.2, 0.25) is 0 Å². The Labute approximate surface area is 146 Å². The number of nitrogens with zero attached hydrogens (tertiary/aromatic N) is 3. The second-order valence-electron chi connectivity index (χ2n) is 5.36. The average Bonchev–Trinajstić information content (AvgIpc) is 2.61. The predicted molar refractivity (Wildman–Crippen MR) is 97.5 cm³/mol. The van der Waals surface area contributed by atoms with Gasteiger partial charge in [-0.15, -0.1) is 0 Å². The lowest BCUT2D eigenvalue weighted by Gasteiger charge is -2.11. The number of hydrogen-bond donors (Lipinski definition) is 2. The SMILES string of the molecule is COc1cccc(Nc2cc(Nc3cccc(C#N)c3)nc(C)n2)c1. The van der Waals surface area contributed by atoms with Gasteiger partial charge in [-0.25, -0.2) is 9.97 Å². The molecule has 0 saturated carbocycles. The van der Waals surface area contributed by atoms with Gasteiger partial charge in [0, 0.05) is 23.5 Å². The molecule has 0 fully saturated rings. The van der Waals surface area contributed by atoms with Crippen LogP contribution in [0.25, 0.3) is 0 Å². The van der Waals surface area contributed by atoms with E-state index in [1.54, 1.807) is 19.2 Å². The molecule has 3 aromatic rings. The molecular formula is C19H17N5O. The zero-order valence-electron chi connectivity index (χ0n) is 13.9. The van der Waals surface area contributed by atoms with Crippen molar-refractivity contribution in [3.63, 3.8) is 0 Å². The Bertz CT molecular complexity index is 933. The highest BCUT2D eigenvalue weighted by molar-refractivity contribution is 5.64. The fourth-order valence-electron chi connectivity index (χ4n) is 2.36. The Hall–Kier alpha value is -3.59. The second-order valence-corrected chi connectivity index (χ2v) is 5.36. The van der Waals surface area contributed by atoms with Crippen molar-refractivity contribution in [2.45, 2.75) is 6.92 Å². The molecule has 0 amide bonds. The molecule has 1 aromatic heterocycles. The summed E-state index contributed by atoms with van der Waals surface area (Å²) >= 11 is 0. The molecule has 3 rings (SSSR count). The van der Waals surface area contributed by atoms with Crippen molar-refractivity contribution in [2.75, 3.05) is 17.7 Å². The third-order valence-electron chi connectivity index (χ3n) is 3.44. The number of rotatable bonds is 5. The van der Waals surface area contributed by atoms with Crippen molar-refractivity contribution in [3.05, 3.63) is 66.0 Å². The normalized spacial score (nSPS) is 9.96. The Balaban J connectivity index is 1.83.